The number of ether oxygens (including phenoxy) is 1. The highest BCUT2D eigenvalue weighted by Crippen LogP contribution is 2.15. The van der Waals surface area contributed by atoms with Gasteiger partial charge in [-0.1, -0.05) is 36.4 Å². The van der Waals surface area contributed by atoms with E-state index in [1.54, 1.807) is 45.2 Å². The fraction of sp³-hybridized carbons (Fsp3) is 0.304. The van der Waals surface area contributed by atoms with E-state index in [-0.39, 0.29) is 12.2 Å². The van der Waals surface area contributed by atoms with Gasteiger partial charge in [-0.15, -0.1) is 0 Å². The predicted octanol–water partition coefficient (Wildman–Crippen LogP) is 2.22. The molecule has 1 aromatic heterocycles. The molecule has 0 spiro atoms. The van der Waals surface area contributed by atoms with Crippen molar-refractivity contribution in [2.45, 2.75) is 26.3 Å². The Morgan fingerprint density at radius 3 is 2.56 bits per heavy atom. The smallest absolute Gasteiger partial charge is 0.352 e. The molecule has 3 aromatic rings. The first-order chi connectivity index (χ1) is 15.3. The number of nitrogens with zero attached hydrogens (tertiary/aromatic N) is 3. The molecule has 0 aliphatic rings. The first kappa shape index (κ1) is 23.1. The second-order valence-electron chi connectivity index (χ2n) is 7.34. The third-order valence-electron chi connectivity index (χ3n) is 5.10. The van der Waals surface area contributed by atoms with Crippen molar-refractivity contribution in [1.82, 2.24) is 19.7 Å². The second-order valence-corrected chi connectivity index (χ2v) is 7.34. The normalized spacial score (nSPS) is 11.9. The summed E-state index contributed by atoms with van der Waals surface area (Å²) in [7, 11) is 1.55. The number of aryl methyl sites for hydroxylation is 1. The topological polar surface area (TPSA) is 95.2 Å². The maximum absolute atomic E-state index is 14.2. The van der Waals surface area contributed by atoms with Crippen LogP contribution in [0.1, 0.15) is 41.0 Å². The second kappa shape index (κ2) is 10.1. The van der Waals surface area contributed by atoms with Crippen molar-refractivity contribution in [2.24, 2.45) is 0 Å². The van der Waals surface area contributed by atoms with Crippen LogP contribution in [-0.2, 0) is 4.74 Å². The van der Waals surface area contributed by atoms with Crippen LogP contribution in [0.3, 0.4) is 0 Å². The first-order valence-electron chi connectivity index (χ1n) is 10.2. The van der Waals surface area contributed by atoms with Gasteiger partial charge in [-0.2, -0.15) is 9.78 Å². The zero-order chi connectivity index (χ0) is 23.3. The minimum Gasteiger partial charge on any atom is -0.385 e. The van der Waals surface area contributed by atoms with Gasteiger partial charge in [-0.3, -0.25) is 9.59 Å². The van der Waals surface area contributed by atoms with Gasteiger partial charge >= 0.3 is 5.69 Å². The van der Waals surface area contributed by atoms with E-state index in [4.69, 9.17) is 4.74 Å². The molecular weight excluding hydrogens is 415 g/mol. The zero-order valence-electron chi connectivity index (χ0n) is 18.2. The van der Waals surface area contributed by atoms with Crippen molar-refractivity contribution in [3.8, 4) is 5.69 Å². The number of halogens is 1. The lowest BCUT2D eigenvalue weighted by Crippen LogP contribution is -2.47. The summed E-state index contributed by atoms with van der Waals surface area (Å²) in [5.74, 6) is -1.25. The van der Waals surface area contributed by atoms with Gasteiger partial charge in [0.1, 0.15) is 5.82 Å². The van der Waals surface area contributed by atoms with Crippen molar-refractivity contribution in [3.05, 3.63) is 92.0 Å². The number of nitrogens with one attached hydrogen (secondary N) is 1. The highest BCUT2D eigenvalue weighted by atomic mass is 19.1. The lowest BCUT2D eigenvalue weighted by atomic mass is 10.1. The number of methoxy groups -OCH3 is 1. The fourth-order valence-electron chi connectivity index (χ4n) is 3.24. The van der Waals surface area contributed by atoms with Crippen LogP contribution in [0.4, 0.5) is 4.39 Å². The SMILES string of the molecule is COCCCNC(=O)c1nn(-c2ccc(C)c(F)c2)c(=O)n(C(C)c2ccccc2)c1=O. The van der Waals surface area contributed by atoms with Gasteiger partial charge in [0, 0.05) is 26.3 Å². The number of hydrogen-bond donors (Lipinski definition) is 1. The Balaban J connectivity index is 2.16. The summed E-state index contributed by atoms with van der Waals surface area (Å²) in [6.45, 7) is 3.97. The summed E-state index contributed by atoms with van der Waals surface area (Å²) < 4.78 is 21.0. The number of benzene rings is 2. The van der Waals surface area contributed by atoms with E-state index >= 15 is 0 Å². The molecule has 1 N–H and O–H groups in total. The van der Waals surface area contributed by atoms with Crippen LogP contribution in [0.5, 0.6) is 0 Å². The quantitative estimate of drug-likeness (QED) is 0.542. The van der Waals surface area contributed by atoms with Crippen molar-refractivity contribution in [3.63, 3.8) is 0 Å². The molecule has 0 aliphatic carbocycles. The summed E-state index contributed by atoms with van der Waals surface area (Å²) in [5, 5.41) is 6.62. The van der Waals surface area contributed by atoms with Gasteiger partial charge in [0.05, 0.1) is 11.7 Å². The monoisotopic (exact) mass is 440 g/mol. The van der Waals surface area contributed by atoms with Crippen LogP contribution in [0.25, 0.3) is 5.69 Å². The molecule has 0 saturated carbocycles. The molecule has 0 radical (unpaired) electrons. The third kappa shape index (κ3) is 4.83. The van der Waals surface area contributed by atoms with E-state index in [9.17, 15) is 18.8 Å². The zero-order valence-corrected chi connectivity index (χ0v) is 18.2. The molecule has 2 aromatic carbocycles. The number of amides is 1. The minimum absolute atomic E-state index is 0.112. The van der Waals surface area contributed by atoms with Crippen LogP contribution >= 0.6 is 0 Å². The minimum atomic E-state index is -0.820. The maximum Gasteiger partial charge on any atom is 0.352 e. The van der Waals surface area contributed by atoms with E-state index in [1.807, 2.05) is 6.07 Å². The van der Waals surface area contributed by atoms with Gasteiger partial charge in [-0.05, 0) is 37.5 Å². The van der Waals surface area contributed by atoms with Crippen LogP contribution in [0.2, 0.25) is 0 Å². The molecule has 0 bridgehead atoms. The van der Waals surface area contributed by atoms with Crippen LogP contribution in [-0.4, -0.2) is 40.5 Å². The van der Waals surface area contributed by atoms with Gasteiger partial charge in [-0.25, -0.2) is 13.8 Å². The fourth-order valence-corrected chi connectivity index (χ4v) is 3.24. The Labute approximate surface area is 184 Å². The molecule has 1 heterocycles. The standard InChI is InChI=1S/C23H25FN4O4/c1-15-10-11-18(14-19(15)24)28-23(31)27(16(2)17-8-5-4-6-9-17)22(30)20(26-28)21(29)25-12-7-13-32-3/h4-6,8-11,14,16H,7,12-13H2,1-3H3,(H,25,29). The summed E-state index contributed by atoms with van der Waals surface area (Å²) in [4.78, 5) is 39.2. The van der Waals surface area contributed by atoms with Crippen LogP contribution < -0.4 is 16.6 Å². The number of hydrogen-bond acceptors (Lipinski definition) is 5. The average molecular weight is 440 g/mol. The first-order valence-corrected chi connectivity index (χ1v) is 10.2. The summed E-state index contributed by atoms with van der Waals surface area (Å²) >= 11 is 0. The molecule has 1 amide bonds. The summed E-state index contributed by atoms with van der Waals surface area (Å²) in [5.41, 5.74) is -0.842. The van der Waals surface area contributed by atoms with Crippen molar-refractivity contribution < 1.29 is 13.9 Å². The molecule has 1 atom stereocenters. The lowest BCUT2D eigenvalue weighted by Gasteiger charge is -2.18. The van der Waals surface area contributed by atoms with Gasteiger partial charge in [0.15, 0.2) is 0 Å². The molecule has 0 saturated heterocycles. The molecule has 32 heavy (non-hydrogen) atoms. The van der Waals surface area contributed by atoms with E-state index in [2.05, 4.69) is 10.4 Å². The lowest BCUT2D eigenvalue weighted by molar-refractivity contribution is 0.0938. The van der Waals surface area contributed by atoms with Crippen LogP contribution in [0.15, 0.2) is 58.1 Å². The summed E-state index contributed by atoms with van der Waals surface area (Å²) in [6, 6.07) is 12.4. The van der Waals surface area contributed by atoms with E-state index < -0.39 is 34.7 Å². The molecule has 9 heteroatoms. The molecule has 8 nitrogen and oxygen atoms in total. The summed E-state index contributed by atoms with van der Waals surface area (Å²) in [6.07, 6.45) is 0.541. The molecule has 1 unspecified atom stereocenters. The highest BCUT2D eigenvalue weighted by Gasteiger charge is 2.23. The van der Waals surface area contributed by atoms with Gasteiger partial charge in [0.2, 0.25) is 5.69 Å². The van der Waals surface area contributed by atoms with Gasteiger partial charge < -0.3 is 10.1 Å². The Kier molecular flexibility index (Phi) is 7.32. The number of aromatic nitrogens is 3. The van der Waals surface area contributed by atoms with Gasteiger partial charge in [0.25, 0.3) is 11.5 Å². The number of carbonyl (C=O) groups is 1. The Hall–Kier alpha value is -3.59. The average Bonchev–Trinajstić information content (AvgIpc) is 2.79. The van der Waals surface area contributed by atoms with E-state index in [0.717, 1.165) is 15.3 Å². The number of carbonyl (C=O) groups excluding carboxylic acids is 1. The van der Waals surface area contributed by atoms with E-state index in [1.165, 1.54) is 12.1 Å². The number of rotatable bonds is 8. The van der Waals surface area contributed by atoms with Crippen LogP contribution in [0, 0.1) is 12.7 Å². The molecule has 3 rings (SSSR count). The Morgan fingerprint density at radius 1 is 1.19 bits per heavy atom. The van der Waals surface area contributed by atoms with Crippen molar-refractivity contribution >= 4 is 5.91 Å². The molecule has 0 aliphatic heterocycles. The largest absolute Gasteiger partial charge is 0.385 e. The molecule has 168 valence electrons. The Bertz CT molecular complexity index is 1220. The van der Waals surface area contributed by atoms with Crippen molar-refractivity contribution in [1.29, 1.82) is 0 Å². The van der Waals surface area contributed by atoms with Crippen molar-refractivity contribution in [2.75, 3.05) is 20.3 Å². The highest BCUT2D eigenvalue weighted by molar-refractivity contribution is 5.91. The van der Waals surface area contributed by atoms with E-state index in [0.29, 0.717) is 24.2 Å². The molecular formula is C23H25FN4O4. The maximum atomic E-state index is 14.2. The molecule has 0 fully saturated rings. The predicted molar refractivity (Wildman–Crippen MR) is 118 cm³/mol. The third-order valence-corrected chi connectivity index (χ3v) is 5.10. The Morgan fingerprint density at radius 2 is 1.91 bits per heavy atom.